The van der Waals surface area contributed by atoms with Crippen molar-refractivity contribution >= 4 is 27.3 Å². The van der Waals surface area contributed by atoms with Crippen molar-refractivity contribution in [2.75, 3.05) is 26.3 Å². The van der Waals surface area contributed by atoms with Crippen molar-refractivity contribution < 1.29 is 28.2 Å². The Kier molecular flexibility index (Phi) is 8.90. The third kappa shape index (κ3) is 5.51. The van der Waals surface area contributed by atoms with Crippen LogP contribution in [0, 0.1) is 5.92 Å². The van der Waals surface area contributed by atoms with Crippen LogP contribution in [-0.4, -0.2) is 76.2 Å². The van der Waals surface area contributed by atoms with Crippen LogP contribution in [0.5, 0.6) is 5.75 Å². The van der Waals surface area contributed by atoms with E-state index < -0.39 is 21.7 Å². The number of nitrogens with zero attached hydrogens (tertiary/aromatic N) is 3. The number of H-pyrrole nitrogens is 1. The van der Waals surface area contributed by atoms with E-state index in [9.17, 15) is 28.2 Å². The molecule has 39 heavy (non-hydrogen) atoms. The van der Waals surface area contributed by atoms with Gasteiger partial charge in [-0.05, 0) is 49.8 Å². The number of benzene rings is 1. The Hall–Kier alpha value is -3.06. The van der Waals surface area contributed by atoms with E-state index in [-0.39, 0.29) is 41.9 Å². The van der Waals surface area contributed by atoms with Crippen LogP contribution in [0.15, 0.2) is 27.9 Å². The minimum atomic E-state index is -3.90. The third-order valence-electron chi connectivity index (χ3n) is 7.33. The molecule has 0 amide bonds. The standard InChI is InChI=1S/C27H36N4O7S/c1-4-6-19-21(15-32)30(3)25-24(19)28-26(29-27(25)35)20-14-18(7-8-23(20)38-13-5-2)39(36,37)31-11-9-17(10-12-31)22(34)16-33/h7-8,14-15,17,22,33-34H,4-6,9-13,16H2,1-3H3,(H,28,29,35). The van der Waals surface area contributed by atoms with E-state index >= 15 is 0 Å². The van der Waals surface area contributed by atoms with E-state index in [2.05, 4.69) is 4.98 Å². The van der Waals surface area contributed by atoms with Gasteiger partial charge in [0.15, 0.2) is 6.29 Å². The fourth-order valence-corrected chi connectivity index (χ4v) is 6.69. The Balaban J connectivity index is 1.81. The van der Waals surface area contributed by atoms with Crippen LogP contribution in [0.2, 0.25) is 0 Å². The number of aromatic nitrogens is 3. The number of aliphatic hydroxyl groups excluding tert-OH is 2. The van der Waals surface area contributed by atoms with Crippen LogP contribution in [0.3, 0.4) is 0 Å². The molecule has 0 aliphatic carbocycles. The maximum atomic E-state index is 13.6. The lowest BCUT2D eigenvalue weighted by atomic mass is 9.93. The van der Waals surface area contributed by atoms with Crippen molar-refractivity contribution in [3.05, 3.63) is 39.8 Å². The third-order valence-corrected chi connectivity index (χ3v) is 9.23. The number of aliphatic hydroxyl groups is 2. The van der Waals surface area contributed by atoms with Gasteiger partial charge < -0.3 is 24.5 Å². The topological polar surface area (TPSA) is 155 Å². The predicted octanol–water partition coefficient (Wildman–Crippen LogP) is 2.24. The van der Waals surface area contributed by atoms with E-state index in [4.69, 9.17) is 9.72 Å². The van der Waals surface area contributed by atoms with Crippen LogP contribution >= 0.6 is 0 Å². The number of aldehydes is 1. The second-order valence-electron chi connectivity index (χ2n) is 9.90. The Morgan fingerprint density at radius 3 is 2.56 bits per heavy atom. The van der Waals surface area contributed by atoms with Crippen molar-refractivity contribution in [1.29, 1.82) is 0 Å². The molecular weight excluding hydrogens is 524 g/mol. The number of nitrogens with one attached hydrogen (secondary N) is 1. The van der Waals surface area contributed by atoms with Crippen LogP contribution in [0.25, 0.3) is 22.4 Å². The van der Waals surface area contributed by atoms with Gasteiger partial charge in [0, 0.05) is 25.7 Å². The molecule has 3 N–H and O–H groups in total. The summed E-state index contributed by atoms with van der Waals surface area (Å²) in [6.45, 7) is 4.38. The first-order valence-electron chi connectivity index (χ1n) is 13.3. The van der Waals surface area contributed by atoms with Crippen LogP contribution in [0.1, 0.15) is 55.6 Å². The minimum Gasteiger partial charge on any atom is -0.493 e. The number of carbonyl (C=O) groups is 1. The molecular formula is C27H36N4O7S. The summed E-state index contributed by atoms with van der Waals surface area (Å²) in [6.07, 6.45) is 2.74. The quantitative estimate of drug-likeness (QED) is 0.302. The molecule has 212 valence electrons. The molecule has 0 saturated carbocycles. The molecule has 0 radical (unpaired) electrons. The number of hydrogen-bond acceptors (Lipinski definition) is 8. The van der Waals surface area contributed by atoms with Gasteiger partial charge in [-0.1, -0.05) is 20.3 Å². The van der Waals surface area contributed by atoms with E-state index in [1.807, 2.05) is 13.8 Å². The first kappa shape index (κ1) is 28.9. The molecule has 1 unspecified atom stereocenters. The summed E-state index contributed by atoms with van der Waals surface area (Å²) >= 11 is 0. The Morgan fingerprint density at radius 1 is 1.23 bits per heavy atom. The second kappa shape index (κ2) is 12.0. The predicted molar refractivity (Wildman–Crippen MR) is 147 cm³/mol. The average Bonchev–Trinajstić information content (AvgIpc) is 3.22. The van der Waals surface area contributed by atoms with Crippen molar-refractivity contribution in [2.45, 2.75) is 57.0 Å². The molecule has 1 atom stereocenters. The molecule has 12 heteroatoms. The Morgan fingerprint density at radius 2 is 1.95 bits per heavy atom. The van der Waals surface area contributed by atoms with Gasteiger partial charge in [-0.15, -0.1) is 0 Å². The highest BCUT2D eigenvalue weighted by atomic mass is 32.2. The SMILES string of the molecule is CCCOc1ccc(S(=O)(=O)N2CCC(C(O)CO)CC2)cc1-c1nc2c(CCC)c(C=O)n(C)c2c(=O)[nH]1. The molecule has 4 rings (SSSR count). The van der Waals surface area contributed by atoms with Crippen molar-refractivity contribution in [1.82, 2.24) is 18.8 Å². The first-order chi connectivity index (χ1) is 18.7. The van der Waals surface area contributed by atoms with E-state index in [1.165, 1.54) is 21.0 Å². The van der Waals surface area contributed by atoms with Crippen LogP contribution in [-0.2, 0) is 23.5 Å². The number of aromatic amines is 1. The number of sulfonamides is 1. The van der Waals surface area contributed by atoms with E-state index in [0.717, 1.165) is 19.1 Å². The fraction of sp³-hybridized carbons (Fsp3) is 0.519. The van der Waals surface area contributed by atoms with Gasteiger partial charge in [0.25, 0.3) is 5.56 Å². The number of rotatable bonds is 11. The smallest absolute Gasteiger partial charge is 0.275 e. The van der Waals surface area contributed by atoms with E-state index in [0.29, 0.717) is 54.0 Å². The average molecular weight is 561 g/mol. The molecule has 0 bridgehead atoms. The maximum absolute atomic E-state index is 13.6. The number of ether oxygens (including phenoxy) is 1. The number of piperidine rings is 1. The molecule has 11 nitrogen and oxygen atoms in total. The number of hydrogen-bond donors (Lipinski definition) is 3. The lowest BCUT2D eigenvalue weighted by molar-refractivity contribution is 0.0278. The second-order valence-corrected chi connectivity index (χ2v) is 11.8. The van der Waals surface area contributed by atoms with Gasteiger partial charge in [0.2, 0.25) is 10.0 Å². The van der Waals surface area contributed by atoms with Crippen molar-refractivity contribution in [2.24, 2.45) is 13.0 Å². The summed E-state index contributed by atoms with van der Waals surface area (Å²) < 4.78 is 36.0. The molecule has 1 aliphatic rings. The molecule has 1 fully saturated rings. The highest BCUT2D eigenvalue weighted by Gasteiger charge is 2.32. The highest BCUT2D eigenvalue weighted by Crippen LogP contribution is 2.34. The number of aryl methyl sites for hydroxylation is 2. The van der Waals surface area contributed by atoms with Gasteiger partial charge in [0.05, 0.1) is 35.5 Å². The highest BCUT2D eigenvalue weighted by molar-refractivity contribution is 7.89. The molecule has 1 aromatic carbocycles. The maximum Gasteiger partial charge on any atom is 0.275 e. The van der Waals surface area contributed by atoms with Crippen LogP contribution < -0.4 is 10.3 Å². The lowest BCUT2D eigenvalue weighted by Gasteiger charge is -2.33. The zero-order chi connectivity index (χ0) is 28.3. The van der Waals surface area contributed by atoms with Crippen molar-refractivity contribution in [3.63, 3.8) is 0 Å². The first-order valence-corrected chi connectivity index (χ1v) is 14.7. The summed E-state index contributed by atoms with van der Waals surface area (Å²) in [7, 11) is -2.25. The summed E-state index contributed by atoms with van der Waals surface area (Å²) in [5.41, 5.74) is 1.62. The van der Waals surface area contributed by atoms with Gasteiger partial charge in [-0.2, -0.15) is 4.31 Å². The molecule has 1 aliphatic heterocycles. The largest absolute Gasteiger partial charge is 0.493 e. The number of carbonyl (C=O) groups excluding carboxylic acids is 1. The van der Waals surface area contributed by atoms with Crippen molar-refractivity contribution in [3.8, 4) is 17.1 Å². The molecule has 0 spiro atoms. The molecule has 2 aromatic heterocycles. The minimum absolute atomic E-state index is 0.0284. The Labute approximate surface area is 227 Å². The number of fused-ring (bicyclic) bond motifs is 1. The van der Waals surface area contributed by atoms with Gasteiger partial charge >= 0.3 is 0 Å². The normalized spacial score (nSPS) is 16.0. The summed E-state index contributed by atoms with van der Waals surface area (Å²) in [4.78, 5) is 32.6. The van der Waals surface area contributed by atoms with E-state index in [1.54, 1.807) is 13.1 Å². The zero-order valence-corrected chi connectivity index (χ0v) is 23.3. The van der Waals surface area contributed by atoms with Crippen LogP contribution in [0.4, 0.5) is 0 Å². The monoisotopic (exact) mass is 560 g/mol. The lowest BCUT2D eigenvalue weighted by Crippen LogP contribution is -2.41. The Bertz CT molecular complexity index is 1500. The molecule has 3 heterocycles. The summed E-state index contributed by atoms with van der Waals surface area (Å²) in [5, 5.41) is 19.2. The summed E-state index contributed by atoms with van der Waals surface area (Å²) in [5.74, 6) is 0.370. The summed E-state index contributed by atoms with van der Waals surface area (Å²) in [6, 6.07) is 4.51. The van der Waals surface area contributed by atoms with Gasteiger partial charge in [-0.25, -0.2) is 13.4 Å². The molecule has 1 saturated heterocycles. The molecule has 3 aromatic rings. The zero-order valence-electron chi connectivity index (χ0n) is 22.5. The fourth-order valence-electron chi connectivity index (χ4n) is 5.20. The van der Waals surface area contributed by atoms with Gasteiger partial charge in [0.1, 0.15) is 22.6 Å². The van der Waals surface area contributed by atoms with Gasteiger partial charge in [-0.3, -0.25) is 9.59 Å².